The molecular formula is C15H16BrF3N2O. The smallest absolute Gasteiger partial charge is 0.391 e. The lowest BCUT2D eigenvalue weighted by Crippen LogP contribution is -2.25. The van der Waals surface area contributed by atoms with Crippen LogP contribution in [0.5, 0.6) is 0 Å². The van der Waals surface area contributed by atoms with Crippen LogP contribution in [-0.4, -0.2) is 28.7 Å². The summed E-state index contributed by atoms with van der Waals surface area (Å²) in [5.41, 5.74) is 0.109. The molecule has 3 rings (SSSR count). The van der Waals surface area contributed by atoms with E-state index in [0.717, 1.165) is 36.6 Å². The highest BCUT2D eigenvalue weighted by Crippen LogP contribution is 2.31. The van der Waals surface area contributed by atoms with Gasteiger partial charge in [0, 0.05) is 25.4 Å². The first-order chi connectivity index (χ1) is 10.4. The predicted molar refractivity (Wildman–Crippen MR) is 80.7 cm³/mol. The highest BCUT2D eigenvalue weighted by molar-refractivity contribution is 9.18. The lowest BCUT2D eigenvalue weighted by Gasteiger charge is -2.19. The molecule has 7 heteroatoms. The van der Waals surface area contributed by atoms with Crippen LogP contribution in [0.4, 0.5) is 13.2 Å². The molecule has 1 aromatic carbocycles. The lowest BCUT2D eigenvalue weighted by molar-refractivity contribution is -0.137. The monoisotopic (exact) mass is 376 g/mol. The van der Waals surface area contributed by atoms with Gasteiger partial charge in [-0.1, -0.05) is 23.4 Å². The van der Waals surface area contributed by atoms with Crippen LogP contribution >= 0.6 is 15.9 Å². The summed E-state index contributed by atoms with van der Waals surface area (Å²) in [6.45, 7) is 2.24. The molecule has 0 amide bonds. The molecule has 0 N–H and O–H groups in total. The number of alkyl halides is 3. The summed E-state index contributed by atoms with van der Waals surface area (Å²) in [6, 6.07) is 5.56. The summed E-state index contributed by atoms with van der Waals surface area (Å²) in [6.07, 6.45) is -2.44. The van der Waals surface area contributed by atoms with E-state index in [9.17, 15) is 13.2 Å². The Kier molecular flexibility index (Phi) is 4.45. The summed E-state index contributed by atoms with van der Waals surface area (Å²) in [5, 5.41) is 3.90. The van der Waals surface area contributed by atoms with Crippen LogP contribution in [0.1, 0.15) is 24.0 Å². The first-order valence-corrected chi connectivity index (χ1v) is 7.98. The molecule has 0 aliphatic carbocycles. The largest absolute Gasteiger partial charge is 0.416 e. The first-order valence-electron chi connectivity index (χ1n) is 7.18. The summed E-state index contributed by atoms with van der Waals surface area (Å²) in [7, 11) is 0. The third kappa shape index (κ3) is 3.63. The lowest BCUT2D eigenvalue weighted by atomic mass is 10.00. The predicted octanol–water partition coefficient (Wildman–Crippen LogP) is 4.02. The number of halogens is 4. The fourth-order valence-electron chi connectivity index (χ4n) is 3.03. The molecule has 0 saturated carbocycles. The molecule has 0 bridgehead atoms. The van der Waals surface area contributed by atoms with Crippen molar-refractivity contribution >= 4 is 20.6 Å². The van der Waals surface area contributed by atoms with Gasteiger partial charge in [0.25, 0.3) is 0 Å². The molecule has 22 heavy (non-hydrogen) atoms. The molecule has 120 valence electrons. The number of hydrogen-bond donors (Lipinski definition) is 0. The van der Waals surface area contributed by atoms with E-state index in [1.807, 2.05) is 0 Å². The third-order valence-corrected chi connectivity index (χ3v) is 4.62. The molecule has 1 aromatic rings. The second-order valence-corrected chi connectivity index (χ2v) is 6.71. The van der Waals surface area contributed by atoms with Crippen LogP contribution in [-0.2, 0) is 17.6 Å². The van der Waals surface area contributed by atoms with Crippen molar-refractivity contribution in [2.75, 3.05) is 13.1 Å². The molecule has 1 saturated heterocycles. The number of nitrogens with zero attached hydrogens (tertiary/aromatic N) is 2. The van der Waals surface area contributed by atoms with Crippen molar-refractivity contribution in [1.82, 2.24) is 4.90 Å². The quantitative estimate of drug-likeness (QED) is 0.795. The summed E-state index contributed by atoms with van der Waals surface area (Å²) < 4.78 is 39.0. The van der Waals surface area contributed by atoms with Gasteiger partial charge in [-0.25, -0.2) is 0 Å². The maximum absolute atomic E-state index is 12.7. The zero-order valence-electron chi connectivity index (χ0n) is 11.8. The molecule has 2 heterocycles. The van der Waals surface area contributed by atoms with Crippen molar-refractivity contribution in [3.63, 3.8) is 0 Å². The van der Waals surface area contributed by atoms with Crippen LogP contribution in [0.25, 0.3) is 0 Å². The van der Waals surface area contributed by atoms with Crippen molar-refractivity contribution in [2.45, 2.75) is 31.7 Å². The van der Waals surface area contributed by atoms with E-state index in [4.69, 9.17) is 4.84 Å². The van der Waals surface area contributed by atoms with Gasteiger partial charge in [0.15, 0.2) is 0 Å². The van der Waals surface area contributed by atoms with Crippen molar-refractivity contribution in [1.29, 1.82) is 0 Å². The van der Waals surface area contributed by atoms with E-state index in [0.29, 0.717) is 18.0 Å². The van der Waals surface area contributed by atoms with Gasteiger partial charge >= 0.3 is 6.18 Å². The number of likely N-dealkylation sites (tertiary alicyclic amines) is 1. The molecule has 1 fully saturated rings. The van der Waals surface area contributed by atoms with E-state index < -0.39 is 11.7 Å². The topological polar surface area (TPSA) is 24.8 Å². The van der Waals surface area contributed by atoms with Crippen molar-refractivity contribution in [3.8, 4) is 0 Å². The van der Waals surface area contributed by atoms with E-state index in [1.54, 1.807) is 6.07 Å². The number of hydrogen-bond acceptors (Lipinski definition) is 3. The van der Waals surface area contributed by atoms with Gasteiger partial charge < -0.3 is 4.84 Å². The van der Waals surface area contributed by atoms with Crippen LogP contribution < -0.4 is 0 Å². The molecule has 0 spiro atoms. The molecule has 2 atom stereocenters. The molecule has 0 aromatic heterocycles. The minimum atomic E-state index is -4.29. The van der Waals surface area contributed by atoms with Crippen molar-refractivity contribution < 1.29 is 18.0 Å². The minimum Gasteiger partial charge on any atom is -0.391 e. The van der Waals surface area contributed by atoms with Crippen molar-refractivity contribution in [3.05, 3.63) is 35.4 Å². The molecule has 3 nitrogen and oxygen atoms in total. The van der Waals surface area contributed by atoms with E-state index >= 15 is 0 Å². The Labute approximate surface area is 135 Å². The second-order valence-electron chi connectivity index (χ2n) is 5.80. The van der Waals surface area contributed by atoms with Gasteiger partial charge in [0.2, 0.25) is 0 Å². The average molecular weight is 377 g/mol. The third-order valence-electron chi connectivity index (χ3n) is 4.15. The van der Waals surface area contributed by atoms with Gasteiger partial charge in [0.1, 0.15) is 10.7 Å². The number of rotatable bonds is 3. The van der Waals surface area contributed by atoms with Crippen molar-refractivity contribution in [2.24, 2.45) is 11.1 Å². The SMILES string of the molecule is FC(F)(F)c1cccc(CN2CC[C@@H]([C@H]3CC(Br)=NO3)C2)c1. The summed E-state index contributed by atoms with van der Waals surface area (Å²) in [5.74, 6) is 0.379. The maximum Gasteiger partial charge on any atom is 0.416 e. The zero-order chi connectivity index (χ0) is 15.7. The summed E-state index contributed by atoms with van der Waals surface area (Å²) >= 11 is 3.33. The Hall–Kier alpha value is -1.08. The average Bonchev–Trinajstić information content (AvgIpc) is 3.07. The molecule has 0 radical (unpaired) electrons. The van der Waals surface area contributed by atoms with Crippen LogP contribution in [0.2, 0.25) is 0 Å². The normalized spacial score (nSPS) is 26.1. The molecule has 0 unspecified atom stereocenters. The van der Waals surface area contributed by atoms with E-state index in [-0.39, 0.29) is 6.10 Å². The molecule has 2 aliphatic rings. The standard InChI is InChI=1S/C15H16BrF3N2O/c16-14-7-13(22-20-14)11-4-5-21(9-11)8-10-2-1-3-12(6-10)15(17,18)19/h1-3,6,11,13H,4-5,7-9H2/t11-,13-/m1/s1. The van der Waals surface area contributed by atoms with Crippen LogP contribution in [0.15, 0.2) is 29.4 Å². The maximum atomic E-state index is 12.7. The van der Waals surface area contributed by atoms with Crippen LogP contribution in [0, 0.1) is 5.92 Å². The Bertz CT molecular complexity index is 576. The summed E-state index contributed by atoms with van der Waals surface area (Å²) in [4.78, 5) is 7.55. The highest BCUT2D eigenvalue weighted by Gasteiger charge is 2.34. The van der Waals surface area contributed by atoms with E-state index in [1.165, 1.54) is 12.1 Å². The molecular weight excluding hydrogens is 361 g/mol. The van der Waals surface area contributed by atoms with Gasteiger partial charge in [-0.15, -0.1) is 0 Å². The fourth-order valence-corrected chi connectivity index (χ4v) is 3.43. The van der Waals surface area contributed by atoms with Gasteiger partial charge in [0.05, 0.1) is 5.56 Å². The second kappa shape index (κ2) is 6.20. The zero-order valence-corrected chi connectivity index (χ0v) is 13.4. The Balaban J connectivity index is 1.58. The molecule has 2 aliphatic heterocycles. The number of benzene rings is 1. The fraction of sp³-hybridized carbons (Fsp3) is 0.533. The van der Waals surface area contributed by atoms with Gasteiger partial charge in [-0.05, 0) is 40.5 Å². The van der Waals surface area contributed by atoms with Crippen LogP contribution in [0.3, 0.4) is 0 Å². The minimum absolute atomic E-state index is 0.0842. The Morgan fingerprint density at radius 1 is 1.36 bits per heavy atom. The van der Waals surface area contributed by atoms with Gasteiger partial charge in [-0.3, -0.25) is 4.90 Å². The highest BCUT2D eigenvalue weighted by atomic mass is 79.9. The van der Waals surface area contributed by atoms with E-state index in [2.05, 4.69) is 26.0 Å². The Morgan fingerprint density at radius 2 is 2.18 bits per heavy atom. The van der Waals surface area contributed by atoms with Gasteiger partial charge in [-0.2, -0.15) is 13.2 Å². The Morgan fingerprint density at radius 3 is 2.86 bits per heavy atom. The number of oxime groups is 1. The first kappa shape index (κ1) is 15.8.